The number of aromatic amines is 2. The monoisotopic (exact) mass is 774 g/mol. The Morgan fingerprint density at radius 2 is 0.897 bits per heavy atom. The molecule has 8 bridgehead atoms. The number of allylic oxidation sites excluding steroid dienone is 4. The summed E-state index contributed by atoms with van der Waals surface area (Å²) in [6.45, 7) is 17.6. The van der Waals surface area contributed by atoms with E-state index in [0.29, 0.717) is 0 Å². The predicted molar refractivity (Wildman–Crippen MR) is 242 cm³/mol. The molecule has 2 aromatic carbocycles. The fraction of sp³-hybridized carbons (Fsp3) is 0.292. The number of likely N-dealkylation sites (N-methyl/N-ethyl adjacent to an activating group) is 2. The Morgan fingerprint density at radius 1 is 0.534 bits per heavy atom. The Morgan fingerprint density at radius 3 is 1.26 bits per heavy atom. The first-order valence-electron chi connectivity index (χ1n) is 19.7. The molecule has 7 rings (SSSR count). The van der Waals surface area contributed by atoms with Crippen molar-refractivity contribution in [3.8, 4) is 22.3 Å². The Balaban J connectivity index is 1.63. The summed E-state index contributed by atoms with van der Waals surface area (Å²) in [5.74, 6) is -0.187. The van der Waals surface area contributed by atoms with E-state index in [2.05, 4.69) is 100 Å². The molecule has 0 aliphatic carbocycles. The van der Waals surface area contributed by atoms with Gasteiger partial charge in [-0.25, -0.2) is 9.97 Å². The van der Waals surface area contributed by atoms with Crippen LogP contribution in [0, 0.1) is 27.7 Å². The van der Waals surface area contributed by atoms with Gasteiger partial charge in [0.1, 0.15) is 0 Å². The molecule has 10 heteroatoms. The van der Waals surface area contributed by atoms with E-state index in [9.17, 15) is 9.59 Å². The number of para-hydroxylation sites is 2. The highest BCUT2D eigenvalue weighted by molar-refractivity contribution is 6.07. The summed E-state index contributed by atoms with van der Waals surface area (Å²) in [4.78, 5) is 48.7. The third kappa shape index (κ3) is 7.29. The second-order valence-electron chi connectivity index (χ2n) is 16.2. The van der Waals surface area contributed by atoms with Gasteiger partial charge in [0.2, 0.25) is 11.8 Å². The van der Waals surface area contributed by atoms with Crippen molar-refractivity contribution in [3.63, 3.8) is 0 Å². The zero-order valence-corrected chi connectivity index (χ0v) is 35.8. The average molecular weight is 775 g/mol. The molecule has 3 aromatic heterocycles. The average Bonchev–Trinajstić information content (AvgIpc) is 3.80. The lowest BCUT2D eigenvalue weighted by Crippen LogP contribution is -2.27. The summed E-state index contributed by atoms with van der Waals surface area (Å²) in [6.07, 6.45) is 0. The number of H-pyrrole nitrogens is 2. The smallest absolute Gasteiger partial charge is 0.238 e. The summed E-state index contributed by atoms with van der Waals surface area (Å²) < 4.78 is 0. The molecule has 0 saturated carbocycles. The lowest BCUT2D eigenvalue weighted by atomic mass is 9.95. The van der Waals surface area contributed by atoms with Crippen LogP contribution in [0.5, 0.6) is 0 Å². The summed E-state index contributed by atoms with van der Waals surface area (Å²) in [5, 5.41) is 6.39. The number of hydrogen-bond acceptors (Lipinski definition) is 6. The number of amides is 2. The van der Waals surface area contributed by atoms with E-state index in [0.717, 1.165) is 123 Å². The van der Waals surface area contributed by atoms with E-state index in [4.69, 9.17) is 9.97 Å². The number of fused-ring (bicyclic) bond motifs is 8. The molecule has 5 heterocycles. The third-order valence-corrected chi connectivity index (χ3v) is 11.7. The molecule has 0 spiro atoms. The van der Waals surface area contributed by atoms with Crippen LogP contribution in [0.4, 0.5) is 11.4 Å². The highest BCUT2D eigenvalue weighted by atomic mass is 16.2. The second-order valence-corrected chi connectivity index (χ2v) is 16.2. The van der Waals surface area contributed by atoms with Gasteiger partial charge in [-0.1, -0.05) is 36.4 Å². The van der Waals surface area contributed by atoms with Crippen LogP contribution in [-0.4, -0.2) is 82.8 Å². The topological polar surface area (TPSA) is 122 Å². The number of benzene rings is 2. The number of nitrogens with one attached hydrogen (secondary N) is 4. The predicted octanol–water partition coefficient (Wildman–Crippen LogP) is 9.78. The summed E-state index contributed by atoms with van der Waals surface area (Å²) >= 11 is 0. The van der Waals surface area contributed by atoms with Crippen LogP contribution in [0.1, 0.15) is 72.7 Å². The highest BCUT2D eigenvalue weighted by Crippen LogP contribution is 2.44. The number of carbonyl (C=O) groups is 2. The van der Waals surface area contributed by atoms with Crippen molar-refractivity contribution in [2.45, 2.75) is 55.4 Å². The normalized spacial score (nSPS) is 12.9. The van der Waals surface area contributed by atoms with Crippen molar-refractivity contribution in [3.05, 3.63) is 106 Å². The number of aryl methyl sites for hydroxylation is 4. The van der Waals surface area contributed by atoms with E-state index >= 15 is 0 Å². The number of anilines is 2. The van der Waals surface area contributed by atoms with Gasteiger partial charge in [-0.3, -0.25) is 9.59 Å². The molecule has 2 amide bonds. The number of hydrogen-bond donors (Lipinski definition) is 4. The Labute approximate surface area is 341 Å². The fourth-order valence-electron chi connectivity index (χ4n) is 7.90. The molecule has 2 aliphatic heterocycles. The van der Waals surface area contributed by atoms with Crippen molar-refractivity contribution in [2.24, 2.45) is 0 Å². The zero-order chi connectivity index (χ0) is 41.7. The summed E-state index contributed by atoms with van der Waals surface area (Å²) in [6, 6.07) is 20.2. The van der Waals surface area contributed by atoms with Gasteiger partial charge in [0, 0.05) is 44.7 Å². The third-order valence-electron chi connectivity index (χ3n) is 11.7. The molecule has 5 aromatic rings. The van der Waals surface area contributed by atoms with Crippen molar-refractivity contribution >= 4 is 67.5 Å². The van der Waals surface area contributed by atoms with Crippen LogP contribution in [0.2, 0.25) is 0 Å². The first-order valence-corrected chi connectivity index (χ1v) is 19.7. The van der Waals surface area contributed by atoms with E-state index in [1.54, 1.807) is 0 Å². The van der Waals surface area contributed by atoms with E-state index in [1.807, 2.05) is 74.4 Å². The number of nitrogens with zero attached hydrogens (tertiary/aromatic N) is 4. The van der Waals surface area contributed by atoms with Crippen LogP contribution in [0.25, 0.3) is 66.6 Å². The molecule has 4 N–H and O–H groups in total. The summed E-state index contributed by atoms with van der Waals surface area (Å²) in [7, 11) is 7.55. The number of carbonyl (C=O) groups excluding carboxylic acids is 2. The first kappa shape index (κ1) is 40.1. The molecule has 58 heavy (non-hydrogen) atoms. The van der Waals surface area contributed by atoms with Gasteiger partial charge in [0.05, 0.1) is 46.9 Å². The second kappa shape index (κ2) is 15.7. The van der Waals surface area contributed by atoms with Crippen molar-refractivity contribution in [2.75, 3.05) is 51.9 Å². The molecule has 0 radical (unpaired) electrons. The van der Waals surface area contributed by atoms with Gasteiger partial charge in [0.25, 0.3) is 0 Å². The minimum absolute atomic E-state index is 0.0934. The highest BCUT2D eigenvalue weighted by Gasteiger charge is 2.26. The molecule has 0 unspecified atom stereocenters. The van der Waals surface area contributed by atoms with Crippen molar-refractivity contribution in [1.29, 1.82) is 0 Å². The maximum Gasteiger partial charge on any atom is 0.238 e. The standard InChI is InChI=1S/C48H54N8O2/c1-25-29(5)45-43(33-17-13-15-19-35(33)49-41(57)23-55(9)10)46-31(7)27(3)39(53-46)22-40-28(4)32(8)48(54-40)44(47-30(6)26(2)38(52-47)21-37(25)51-45)34-18-14-16-20-36(34)50-42(58)24-56(11)12/h13-22,51,54H,23-24H2,1-12H3,(H,49,57)(H,50,58). The van der Waals surface area contributed by atoms with Gasteiger partial charge < -0.3 is 30.4 Å². The Hall–Kier alpha value is -6.10. The number of rotatable bonds is 8. The van der Waals surface area contributed by atoms with E-state index in [1.165, 1.54) is 0 Å². The minimum Gasteiger partial charge on any atom is -0.354 e. The Kier molecular flexibility index (Phi) is 10.8. The lowest BCUT2D eigenvalue weighted by Gasteiger charge is -2.15. The van der Waals surface area contributed by atoms with Gasteiger partial charge >= 0.3 is 0 Å². The van der Waals surface area contributed by atoms with Crippen LogP contribution >= 0.6 is 0 Å². The maximum atomic E-state index is 13.2. The maximum absolute atomic E-state index is 13.2. The molecular formula is C48H54N8O2. The zero-order valence-electron chi connectivity index (χ0n) is 35.8. The molecule has 298 valence electrons. The van der Waals surface area contributed by atoms with Gasteiger partial charge in [0.15, 0.2) is 0 Å². The van der Waals surface area contributed by atoms with Crippen LogP contribution in [-0.2, 0) is 9.59 Å². The van der Waals surface area contributed by atoms with Crippen molar-refractivity contribution in [1.82, 2.24) is 29.7 Å². The molecule has 10 nitrogen and oxygen atoms in total. The quantitative estimate of drug-likeness (QED) is 0.125. The minimum atomic E-state index is -0.0934. The molecular weight excluding hydrogens is 721 g/mol. The van der Waals surface area contributed by atoms with E-state index < -0.39 is 0 Å². The van der Waals surface area contributed by atoms with Gasteiger partial charge in [-0.05, 0) is 152 Å². The number of aromatic nitrogens is 4. The Bertz CT molecular complexity index is 2570. The van der Waals surface area contributed by atoms with Gasteiger partial charge in [-0.15, -0.1) is 0 Å². The summed E-state index contributed by atoms with van der Waals surface area (Å²) in [5.41, 5.74) is 20.8. The first-order chi connectivity index (χ1) is 27.5. The largest absolute Gasteiger partial charge is 0.354 e. The molecule has 0 fully saturated rings. The van der Waals surface area contributed by atoms with E-state index in [-0.39, 0.29) is 24.9 Å². The van der Waals surface area contributed by atoms with Gasteiger partial charge in [-0.2, -0.15) is 0 Å². The molecule has 0 saturated heterocycles. The van der Waals surface area contributed by atoms with Crippen molar-refractivity contribution < 1.29 is 9.59 Å². The fourth-order valence-corrected chi connectivity index (χ4v) is 7.90. The molecule has 2 aliphatic rings. The SMILES string of the molecule is CC1=C(C)c2nc1cc1[nH]c(c(C)c1C)c(-c1ccccc1NC(=O)CN(C)C)c1nc(cc3[nH]c(c(C)c3C)c2-c2ccccc2NC(=O)CN(C)C)C(C)=C1C. The van der Waals surface area contributed by atoms with Crippen LogP contribution in [0.15, 0.2) is 60.7 Å². The van der Waals surface area contributed by atoms with Crippen LogP contribution in [0.3, 0.4) is 0 Å². The molecule has 0 atom stereocenters. The lowest BCUT2D eigenvalue weighted by molar-refractivity contribution is -0.117. The van der Waals surface area contributed by atoms with Crippen LogP contribution < -0.4 is 10.6 Å².